The smallest absolute Gasteiger partial charge is 0.0184 e. The Labute approximate surface area is 98.1 Å². The molecule has 2 heteroatoms. The van der Waals surface area contributed by atoms with Gasteiger partial charge in [0.2, 0.25) is 0 Å². The molecule has 2 rings (SSSR count). The summed E-state index contributed by atoms with van der Waals surface area (Å²) in [6.07, 6.45) is 0. The van der Waals surface area contributed by atoms with E-state index in [-0.39, 0.29) is 27.3 Å². The van der Waals surface area contributed by atoms with Crippen molar-refractivity contribution in [3.8, 4) is 0 Å². The minimum absolute atomic E-state index is 0. The second-order valence-corrected chi connectivity index (χ2v) is 2.84. The molecule has 0 saturated heterocycles. The van der Waals surface area contributed by atoms with Crippen molar-refractivity contribution in [3.05, 3.63) is 48.0 Å². The summed E-state index contributed by atoms with van der Waals surface area (Å²) < 4.78 is 0. The molecule has 0 heterocycles. The van der Waals surface area contributed by atoms with Crippen LogP contribution in [0.4, 0.5) is 0 Å². The van der Waals surface area contributed by atoms with Crippen LogP contribution < -0.4 is 5.73 Å². The topological polar surface area (TPSA) is 26.0 Å². The molecule has 0 spiro atoms. The Bertz CT molecular complexity index is 393. The third-order valence-corrected chi connectivity index (χ3v) is 2.10. The third-order valence-electron chi connectivity index (χ3n) is 2.10. The predicted molar refractivity (Wildman–Crippen MR) is 57.6 cm³/mol. The normalized spacial score (nSPS) is 9.62. The van der Waals surface area contributed by atoms with Crippen molar-refractivity contribution >= 4 is 38.1 Å². The van der Waals surface area contributed by atoms with Crippen LogP contribution in [0.1, 0.15) is 5.56 Å². The summed E-state index contributed by atoms with van der Waals surface area (Å²) in [5, 5.41) is 2.53. The molecule has 0 saturated carbocycles. The third kappa shape index (κ3) is 2.09. The molecule has 2 aromatic rings. The Morgan fingerprint density at radius 1 is 0.923 bits per heavy atom. The number of fused-ring (bicyclic) bond motifs is 1. The average Bonchev–Trinajstić information content (AvgIpc) is 2.17. The average molecular weight is 364 g/mol. The molecule has 2 N–H and O–H groups in total. The molecule has 64 valence electrons. The van der Waals surface area contributed by atoms with Crippen molar-refractivity contribution < 1.29 is 0 Å². The van der Waals surface area contributed by atoms with Crippen LogP contribution in [0.15, 0.2) is 42.5 Å². The van der Waals surface area contributed by atoms with Gasteiger partial charge in [0.05, 0.1) is 0 Å². The van der Waals surface area contributed by atoms with Crippen molar-refractivity contribution in [2.45, 2.75) is 6.54 Å². The van der Waals surface area contributed by atoms with E-state index in [0.29, 0.717) is 6.54 Å². The van der Waals surface area contributed by atoms with Crippen LogP contribution in [-0.2, 0) is 6.54 Å². The number of rotatable bonds is 1. The zero-order valence-corrected chi connectivity index (χ0v) is 11.2. The Morgan fingerprint density at radius 3 is 2.38 bits per heavy atom. The number of hydrogen-bond acceptors (Lipinski definition) is 1. The minimum atomic E-state index is 0. The van der Waals surface area contributed by atoms with E-state index in [0.717, 1.165) is 0 Å². The van der Waals surface area contributed by atoms with Gasteiger partial charge in [-0.25, -0.2) is 0 Å². The van der Waals surface area contributed by atoms with E-state index >= 15 is 0 Å². The van der Waals surface area contributed by atoms with Gasteiger partial charge in [0.25, 0.3) is 0 Å². The van der Waals surface area contributed by atoms with Gasteiger partial charge in [-0.1, -0.05) is 42.5 Å². The molecule has 0 aromatic heterocycles. The van der Waals surface area contributed by atoms with E-state index in [4.69, 9.17) is 5.73 Å². The molecule has 0 aliphatic rings. The summed E-state index contributed by atoms with van der Waals surface area (Å²) in [6.45, 7) is 0.612. The van der Waals surface area contributed by atoms with E-state index in [2.05, 4.69) is 24.3 Å². The fraction of sp³-hybridized carbons (Fsp3) is 0.0909. The first kappa shape index (κ1) is 10.7. The minimum Gasteiger partial charge on any atom is -0.326 e. The second kappa shape index (κ2) is 4.72. The Kier molecular flexibility index (Phi) is 3.87. The van der Waals surface area contributed by atoms with Crippen LogP contribution in [-0.4, -0.2) is 27.3 Å². The molecule has 0 atom stereocenters. The number of nitrogens with two attached hydrogens (primary N) is 1. The van der Waals surface area contributed by atoms with Gasteiger partial charge in [0, 0.05) is 33.8 Å². The summed E-state index contributed by atoms with van der Waals surface area (Å²) in [7, 11) is 0. The molecule has 0 unspecified atom stereocenters. The van der Waals surface area contributed by atoms with Gasteiger partial charge in [-0.05, 0) is 16.3 Å². The maximum Gasteiger partial charge on any atom is 0.0184 e. The number of benzene rings is 2. The predicted octanol–water partition coefficient (Wildman–Crippen LogP) is 1.92. The van der Waals surface area contributed by atoms with Gasteiger partial charge in [-0.15, -0.1) is 0 Å². The molecule has 1 nitrogen and oxygen atoms in total. The fourth-order valence-electron chi connectivity index (χ4n) is 1.47. The summed E-state index contributed by atoms with van der Waals surface area (Å²) in [5.41, 5.74) is 6.83. The Morgan fingerprint density at radius 2 is 1.62 bits per heavy atom. The van der Waals surface area contributed by atoms with E-state index in [9.17, 15) is 0 Å². The standard InChI is InChI=1S/C11H11N.Pb/c12-8-10-6-3-5-9-4-1-2-7-11(9)10;/h1-7H,8,12H2;. The summed E-state index contributed by atoms with van der Waals surface area (Å²) in [6, 6.07) is 14.5. The SMILES string of the molecule is NCc1cccc2ccccc12.[Pb]. The zero-order valence-electron chi connectivity index (χ0n) is 7.33. The zero-order chi connectivity index (χ0) is 8.39. The first-order valence-electron chi connectivity index (χ1n) is 4.08. The van der Waals surface area contributed by atoms with Crippen LogP contribution in [0.5, 0.6) is 0 Å². The maximum absolute atomic E-state index is 5.62. The van der Waals surface area contributed by atoms with Gasteiger partial charge < -0.3 is 5.73 Å². The largest absolute Gasteiger partial charge is 0.326 e. The second-order valence-electron chi connectivity index (χ2n) is 2.84. The summed E-state index contributed by atoms with van der Waals surface area (Å²) in [4.78, 5) is 0. The summed E-state index contributed by atoms with van der Waals surface area (Å²) >= 11 is 0. The Hall–Kier alpha value is -0.418. The molecular formula is C11H11NPb. The fourth-order valence-corrected chi connectivity index (χ4v) is 1.47. The van der Waals surface area contributed by atoms with Crippen molar-refractivity contribution in [2.75, 3.05) is 0 Å². The Balaban J connectivity index is 0.000000845. The molecule has 0 aliphatic heterocycles. The van der Waals surface area contributed by atoms with Crippen LogP contribution in [0.2, 0.25) is 0 Å². The molecule has 0 amide bonds. The molecule has 2 aromatic carbocycles. The molecule has 0 bridgehead atoms. The van der Waals surface area contributed by atoms with Crippen molar-refractivity contribution in [1.29, 1.82) is 0 Å². The molecule has 0 fully saturated rings. The van der Waals surface area contributed by atoms with Gasteiger partial charge in [0.15, 0.2) is 0 Å². The molecule has 0 aliphatic carbocycles. The van der Waals surface area contributed by atoms with E-state index < -0.39 is 0 Å². The van der Waals surface area contributed by atoms with Gasteiger partial charge in [0.1, 0.15) is 0 Å². The van der Waals surface area contributed by atoms with Crippen molar-refractivity contribution in [1.82, 2.24) is 0 Å². The maximum atomic E-state index is 5.62. The van der Waals surface area contributed by atoms with Crippen LogP contribution in [0.25, 0.3) is 10.8 Å². The van der Waals surface area contributed by atoms with Gasteiger partial charge in [-0.2, -0.15) is 0 Å². The first-order valence-corrected chi connectivity index (χ1v) is 4.08. The molecule has 4 radical (unpaired) electrons. The monoisotopic (exact) mass is 365 g/mol. The molecule has 13 heavy (non-hydrogen) atoms. The van der Waals surface area contributed by atoms with Gasteiger partial charge >= 0.3 is 0 Å². The van der Waals surface area contributed by atoms with Crippen molar-refractivity contribution in [2.24, 2.45) is 5.73 Å². The summed E-state index contributed by atoms with van der Waals surface area (Å²) in [5.74, 6) is 0. The van der Waals surface area contributed by atoms with E-state index in [1.165, 1.54) is 16.3 Å². The van der Waals surface area contributed by atoms with Gasteiger partial charge in [-0.3, -0.25) is 0 Å². The van der Waals surface area contributed by atoms with Crippen molar-refractivity contribution in [3.63, 3.8) is 0 Å². The van der Waals surface area contributed by atoms with E-state index in [1.807, 2.05) is 18.2 Å². The first-order chi connectivity index (χ1) is 5.92. The van der Waals surface area contributed by atoms with E-state index in [1.54, 1.807) is 0 Å². The van der Waals surface area contributed by atoms with Crippen LogP contribution in [0, 0.1) is 0 Å². The van der Waals surface area contributed by atoms with Crippen LogP contribution >= 0.6 is 0 Å². The molecular weight excluding hydrogens is 353 g/mol. The number of hydrogen-bond donors (Lipinski definition) is 1. The van der Waals surface area contributed by atoms with Crippen LogP contribution in [0.3, 0.4) is 0 Å². The quantitative estimate of drug-likeness (QED) is 0.769.